The Bertz CT molecular complexity index is 571. The topological polar surface area (TPSA) is 49.4 Å². The molecule has 0 radical (unpaired) electrons. The van der Waals surface area contributed by atoms with E-state index in [9.17, 15) is 18.4 Å². The second-order valence-corrected chi connectivity index (χ2v) is 5.14. The molecule has 0 spiro atoms. The standard InChI is InChI=1S/C15H18F2N2O2/c1-3-15(4-2)14(21)18-8-13(20)19(15)9-10-7-11(16)5-6-12(10)17/h5-7H,3-4,8-9H2,1-2H3,(H,18,21). The number of piperazine rings is 1. The predicted octanol–water partition coefficient (Wildman–Crippen LogP) is 1.98. The maximum atomic E-state index is 13.8. The van der Waals surface area contributed by atoms with Gasteiger partial charge in [-0.1, -0.05) is 13.8 Å². The van der Waals surface area contributed by atoms with Crippen LogP contribution in [0.5, 0.6) is 0 Å². The summed E-state index contributed by atoms with van der Waals surface area (Å²) in [6, 6.07) is 3.11. The van der Waals surface area contributed by atoms with Crippen LogP contribution in [0.4, 0.5) is 8.78 Å². The van der Waals surface area contributed by atoms with Crippen molar-refractivity contribution in [3.05, 3.63) is 35.4 Å². The lowest BCUT2D eigenvalue weighted by Crippen LogP contribution is -2.66. The molecular weight excluding hydrogens is 278 g/mol. The number of benzene rings is 1. The van der Waals surface area contributed by atoms with Crippen LogP contribution in [-0.4, -0.2) is 28.8 Å². The van der Waals surface area contributed by atoms with Crippen LogP contribution in [0.2, 0.25) is 0 Å². The van der Waals surface area contributed by atoms with E-state index < -0.39 is 17.2 Å². The maximum absolute atomic E-state index is 13.8. The molecule has 21 heavy (non-hydrogen) atoms. The van der Waals surface area contributed by atoms with E-state index in [0.29, 0.717) is 12.8 Å². The first kappa shape index (κ1) is 15.4. The van der Waals surface area contributed by atoms with Crippen LogP contribution < -0.4 is 5.32 Å². The SMILES string of the molecule is CCC1(CC)C(=O)NCC(=O)N1Cc1cc(F)ccc1F. The third kappa shape index (κ3) is 2.62. The van der Waals surface area contributed by atoms with Crippen molar-refractivity contribution in [2.75, 3.05) is 6.54 Å². The highest BCUT2D eigenvalue weighted by Gasteiger charge is 2.46. The molecule has 1 heterocycles. The predicted molar refractivity (Wildman–Crippen MR) is 73.2 cm³/mol. The minimum absolute atomic E-state index is 0.0734. The Hall–Kier alpha value is -1.98. The summed E-state index contributed by atoms with van der Waals surface area (Å²) in [6.07, 6.45) is 0.829. The lowest BCUT2D eigenvalue weighted by atomic mass is 9.87. The smallest absolute Gasteiger partial charge is 0.246 e. The number of carbonyl (C=O) groups is 2. The Morgan fingerprint density at radius 3 is 2.52 bits per heavy atom. The van der Waals surface area contributed by atoms with E-state index in [1.54, 1.807) is 13.8 Å². The van der Waals surface area contributed by atoms with Crippen molar-refractivity contribution < 1.29 is 18.4 Å². The summed E-state index contributed by atoms with van der Waals surface area (Å²) in [6.45, 7) is 3.38. The van der Waals surface area contributed by atoms with Gasteiger partial charge in [-0.05, 0) is 31.0 Å². The van der Waals surface area contributed by atoms with E-state index >= 15 is 0 Å². The average Bonchev–Trinajstić information content (AvgIpc) is 2.47. The zero-order chi connectivity index (χ0) is 15.6. The zero-order valence-corrected chi connectivity index (χ0v) is 12.1. The largest absolute Gasteiger partial charge is 0.345 e. The molecule has 2 rings (SSSR count). The zero-order valence-electron chi connectivity index (χ0n) is 12.1. The van der Waals surface area contributed by atoms with Crippen LogP contribution in [0.25, 0.3) is 0 Å². The first-order valence-electron chi connectivity index (χ1n) is 6.97. The van der Waals surface area contributed by atoms with Gasteiger partial charge >= 0.3 is 0 Å². The molecular formula is C15H18F2N2O2. The van der Waals surface area contributed by atoms with Gasteiger partial charge in [-0.25, -0.2) is 8.78 Å². The molecule has 0 unspecified atom stereocenters. The van der Waals surface area contributed by atoms with Crippen LogP contribution in [-0.2, 0) is 16.1 Å². The maximum Gasteiger partial charge on any atom is 0.246 e. The summed E-state index contributed by atoms with van der Waals surface area (Å²) in [5, 5.41) is 2.57. The second kappa shape index (κ2) is 5.79. The first-order valence-corrected chi connectivity index (χ1v) is 6.97. The monoisotopic (exact) mass is 296 g/mol. The quantitative estimate of drug-likeness (QED) is 0.923. The number of rotatable bonds is 4. The van der Waals surface area contributed by atoms with E-state index in [1.165, 1.54) is 4.90 Å². The highest BCUT2D eigenvalue weighted by atomic mass is 19.1. The van der Waals surface area contributed by atoms with E-state index in [-0.39, 0.29) is 30.5 Å². The molecule has 114 valence electrons. The minimum Gasteiger partial charge on any atom is -0.345 e. The molecule has 1 saturated heterocycles. The molecule has 6 heteroatoms. The van der Waals surface area contributed by atoms with Crippen molar-refractivity contribution in [2.45, 2.75) is 38.8 Å². The highest BCUT2D eigenvalue weighted by molar-refractivity contribution is 5.97. The van der Waals surface area contributed by atoms with Crippen LogP contribution in [0, 0.1) is 11.6 Å². The van der Waals surface area contributed by atoms with Gasteiger partial charge < -0.3 is 10.2 Å². The number of hydrogen-bond acceptors (Lipinski definition) is 2. The molecule has 1 aliphatic rings. The summed E-state index contributed by atoms with van der Waals surface area (Å²) < 4.78 is 27.1. The summed E-state index contributed by atoms with van der Waals surface area (Å²) in [7, 11) is 0. The summed E-state index contributed by atoms with van der Waals surface area (Å²) in [5.74, 6) is -1.69. The van der Waals surface area contributed by atoms with Crippen molar-refractivity contribution >= 4 is 11.8 Å². The van der Waals surface area contributed by atoms with Crippen LogP contribution >= 0.6 is 0 Å². The Morgan fingerprint density at radius 1 is 1.24 bits per heavy atom. The number of nitrogens with one attached hydrogen (secondary N) is 1. The fourth-order valence-corrected chi connectivity index (χ4v) is 2.80. The number of carbonyl (C=O) groups excluding carboxylic acids is 2. The van der Waals surface area contributed by atoms with Crippen molar-refractivity contribution in [1.29, 1.82) is 0 Å². The van der Waals surface area contributed by atoms with Gasteiger partial charge in [-0.15, -0.1) is 0 Å². The van der Waals surface area contributed by atoms with Crippen molar-refractivity contribution in [2.24, 2.45) is 0 Å². The van der Waals surface area contributed by atoms with Crippen LogP contribution in [0.3, 0.4) is 0 Å². The number of nitrogens with zero attached hydrogens (tertiary/aromatic N) is 1. The van der Waals surface area contributed by atoms with Gasteiger partial charge in [0.05, 0.1) is 6.54 Å². The summed E-state index contributed by atoms with van der Waals surface area (Å²) in [4.78, 5) is 25.7. The normalized spacial score (nSPS) is 17.8. The second-order valence-electron chi connectivity index (χ2n) is 5.14. The fourth-order valence-electron chi connectivity index (χ4n) is 2.80. The molecule has 0 bridgehead atoms. The molecule has 2 amide bonds. The first-order chi connectivity index (χ1) is 9.94. The lowest BCUT2D eigenvalue weighted by Gasteiger charge is -2.45. The Morgan fingerprint density at radius 2 is 1.90 bits per heavy atom. The molecule has 0 saturated carbocycles. The Kier molecular flexibility index (Phi) is 4.25. The highest BCUT2D eigenvalue weighted by Crippen LogP contribution is 2.29. The van der Waals surface area contributed by atoms with Gasteiger partial charge in [-0.2, -0.15) is 0 Å². The minimum atomic E-state index is -1.01. The third-order valence-electron chi connectivity index (χ3n) is 4.15. The van der Waals surface area contributed by atoms with E-state index in [0.717, 1.165) is 18.2 Å². The van der Waals surface area contributed by atoms with Crippen molar-refractivity contribution in [1.82, 2.24) is 10.2 Å². The summed E-state index contributed by atoms with van der Waals surface area (Å²) >= 11 is 0. The van der Waals surface area contributed by atoms with Gasteiger partial charge in [0.1, 0.15) is 17.2 Å². The van der Waals surface area contributed by atoms with Crippen molar-refractivity contribution in [3.8, 4) is 0 Å². The third-order valence-corrected chi connectivity index (χ3v) is 4.15. The number of hydrogen-bond donors (Lipinski definition) is 1. The van der Waals surface area contributed by atoms with E-state index in [1.807, 2.05) is 0 Å². The molecule has 1 N–H and O–H groups in total. The number of amides is 2. The van der Waals surface area contributed by atoms with E-state index in [2.05, 4.69) is 5.32 Å². The molecule has 1 aromatic rings. The Balaban J connectivity index is 2.40. The van der Waals surface area contributed by atoms with Crippen LogP contribution in [0.1, 0.15) is 32.3 Å². The number of halogens is 2. The fraction of sp³-hybridized carbons (Fsp3) is 0.467. The van der Waals surface area contributed by atoms with Gasteiger partial charge in [0.2, 0.25) is 11.8 Å². The molecule has 1 aliphatic heterocycles. The molecule has 4 nitrogen and oxygen atoms in total. The van der Waals surface area contributed by atoms with Crippen molar-refractivity contribution in [3.63, 3.8) is 0 Å². The lowest BCUT2D eigenvalue weighted by molar-refractivity contribution is -0.155. The molecule has 0 aliphatic carbocycles. The average molecular weight is 296 g/mol. The van der Waals surface area contributed by atoms with Crippen LogP contribution in [0.15, 0.2) is 18.2 Å². The Labute approximate surface area is 122 Å². The molecule has 0 atom stereocenters. The van der Waals surface area contributed by atoms with E-state index in [4.69, 9.17) is 0 Å². The van der Waals surface area contributed by atoms with Gasteiger partial charge in [0, 0.05) is 12.1 Å². The summed E-state index contributed by atoms with van der Waals surface area (Å²) in [5.41, 5.74) is -0.932. The van der Waals surface area contributed by atoms with Gasteiger partial charge in [0.15, 0.2) is 0 Å². The molecule has 0 aromatic heterocycles. The molecule has 1 aromatic carbocycles. The van der Waals surface area contributed by atoms with Gasteiger partial charge in [-0.3, -0.25) is 9.59 Å². The molecule has 1 fully saturated rings. The van der Waals surface area contributed by atoms with Gasteiger partial charge in [0.25, 0.3) is 0 Å².